The minimum atomic E-state index is 0.214. The van der Waals surface area contributed by atoms with Gasteiger partial charge in [0.25, 0.3) is 0 Å². The first-order chi connectivity index (χ1) is 15.6. The Hall–Kier alpha value is -2.66. The number of benzene rings is 2. The Morgan fingerprint density at radius 2 is 1.75 bits per heavy atom. The third-order valence-corrected chi connectivity index (χ3v) is 8.37. The molecule has 2 fully saturated rings. The van der Waals surface area contributed by atoms with Crippen LogP contribution in [0.4, 0.5) is 0 Å². The molecule has 1 N–H and O–H groups in total. The summed E-state index contributed by atoms with van der Waals surface area (Å²) in [6.45, 7) is 2.94. The number of nitrogens with zero attached hydrogens (tertiary/aromatic N) is 3. The molecular weight excluding hydrogens is 396 g/mol. The van der Waals surface area contributed by atoms with E-state index in [1.807, 2.05) is 18.2 Å². The van der Waals surface area contributed by atoms with Gasteiger partial charge in [0, 0.05) is 32.0 Å². The zero-order valence-corrected chi connectivity index (χ0v) is 18.9. The van der Waals surface area contributed by atoms with Gasteiger partial charge in [-0.25, -0.2) is 4.98 Å². The van der Waals surface area contributed by atoms with Gasteiger partial charge in [0.05, 0.1) is 11.0 Å². The summed E-state index contributed by atoms with van der Waals surface area (Å²) in [4.78, 5) is 20.3. The molecule has 166 valence electrons. The van der Waals surface area contributed by atoms with Gasteiger partial charge in [0.15, 0.2) is 0 Å². The molecule has 1 aromatic heterocycles. The van der Waals surface area contributed by atoms with Crippen molar-refractivity contribution in [1.29, 1.82) is 0 Å². The molecule has 1 atom stereocenters. The van der Waals surface area contributed by atoms with Crippen molar-refractivity contribution in [3.63, 3.8) is 0 Å². The Balaban J connectivity index is 0.991. The molecule has 1 spiro atoms. The Morgan fingerprint density at radius 1 is 1.06 bits per heavy atom. The van der Waals surface area contributed by atoms with E-state index in [0.29, 0.717) is 12.6 Å². The average molecular weight is 429 g/mol. The third-order valence-electron chi connectivity index (χ3n) is 8.37. The van der Waals surface area contributed by atoms with E-state index in [1.165, 1.54) is 36.8 Å². The van der Waals surface area contributed by atoms with Gasteiger partial charge in [-0.2, -0.15) is 0 Å². The van der Waals surface area contributed by atoms with Crippen molar-refractivity contribution in [2.24, 2.45) is 18.4 Å². The fraction of sp³-hybridized carbons (Fsp3) is 0.481. The molecule has 1 aliphatic heterocycles. The summed E-state index contributed by atoms with van der Waals surface area (Å²) in [5.41, 5.74) is 5.50. The molecule has 1 unspecified atom stereocenters. The van der Waals surface area contributed by atoms with Crippen LogP contribution in [-0.2, 0) is 31.1 Å². The van der Waals surface area contributed by atoms with Crippen molar-refractivity contribution in [2.75, 3.05) is 19.6 Å². The maximum absolute atomic E-state index is 12.9. The molecule has 32 heavy (non-hydrogen) atoms. The van der Waals surface area contributed by atoms with E-state index in [4.69, 9.17) is 4.98 Å². The highest BCUT2D eigenvalue weighted by Gasteiger charge is 2.58. The predicted octanol–water partition coefficient (Wildman–Crippen LogP) is 3.50. The molecule has 0 bridgehead atoms. The Morgan fingerprint density at radius 3 is 2.47 bits per heavy atom. The Bertz CT molecular complexity index is 1130. The summed E-state index contributed by atoms with van der Waals surface area (Å²) >= 11 is 0. The van der Waals surface area contributed by atoms with Crippen LogP contribution in [0.3, 0.4) is 0 Å². The lowest BCUT2D eigenvalue weighted by Gasteiger charge is -2.36. The number of likely N-dealkylation sites (tertiary alicyclic amines) is 1. The molecule has 6 rings (SSSR count). The van der Waals surface area contributed by atoms with Crippen LogP contribution in [0.2, 0.25) is 0 Å². The van der Waals surface area contributed by atoms with Crippen molar-refractivity contribution in [3.8, 4) is 0 Å². The average Bonchev–Trinajstić information content (AvgIpc) is 3.19. The van der Waals surface area contributed by atoms with Crippen molar-refractivity contribution >= 4 is 16.9 Å². The van der Waals surface area contributed by atoms with Crippen molar-refractivity contribution < 1.29 is 4.79 Å². The van der Waals surface area contributed by atoms with Gasteiger partial charge < -0.3 is 9.88 Å². The topological polar surface area (TPSA) is 50.2 Å². The van der Waals surface area contributed by atoms with Gasteiger partial charge in [-0.3, -0.25) is 9.69 Å². The molecule has 5 heteroatoms. The maximum atomic E-state index is 12.9. The predicted molar refractivity (Wildman–Crippen MR) is 126 cm³/mol. The van der Waals surface area contributed by atoms with Gasteiger partial charge in [-0.15, -0.1) is 0 Å². The first kappa shape index (κ1) is 20.0. The zero-order chi connectivity index (χ0) is 21.7. The van der Waals surface area contributed by atoms with E-state index < -0.39 is 0 Å². The van der Waals surface area contributed by atoms with Crippen LogP contribution in [0.15, 0.2) is 48.5 Å². The normalized spacial score (nSPS) is 22.3. The van der Waals surface area contributed by atoms with Gasteiger partial charge >= 0.3 is 0 Å². The van der Waals surface area contributed by atoms with Gasteiger partial charge in [0.2, 0.25) is 5.91 Å². The van der Waals surface area contributed by atoms with E-state index >= 15 is 0 Å². The van der Waals surface area contributed by atoms with Gasteiger partial charge in [-0.05, 0) is 73.9 Å². The maximum Gasteiger partial charge on any atom is 0.223 e. The standard InChI is InChI=1S/C27H32N4O/c1-30-24-9-5-4-8-23(24)29-25(30)10-13-28-26(32)22-18-27(22)11-14-31(15-12-27)21-16-19-6-2-3-7-20(19)17-21/h2-9,21-22H,10-18H2,1H3,(H,28,32). The fourth-order valence-corrected chi connectivity index (χ4v) is 6.24. The number of rotatable bonds is 5. The minimum absolute atomic E-state index is 0.214. The number of hydrogen-bond donors (Lipinski definition) is 1. The van der Waals surface area contributed by atoms with Crippen LogP contribution >= 0.6 is 0 Å². The second kappa shape index (κ2) is 7.73. The first-order valence-electron chi connectivity index (χ1n) is 12.1. The molecule has 2 aliphatic carbocycles. The Labute approximate surface area is 189 Å². The third kappa shape index (κ3) is 3.43. The summed E-state index contributed by atoms with van der Waals surface area (Å²) in [6.07, 6.45) is 6.56. The molecule has 2 aromatic carbocycles. The van der Waals surface area contributed by atoms with Crippen LogP contribution < -0.4 is 5.32 Å². The summed E-state index contributed by atoms with van der Waals surface area (Å²) in [6, 6.07) is 17.8. The smallest absolute Gasteiger partial charge is 0.223 e. The van der Waals surface area contributed by atoms with Crippen molar-refractivity contribution in [1.82, 2.24) is 19.8 Å². The molecule has 2 heterocycles. The lowest BCUT2D eigenvalue weighted by atomic mass is 9.89. The molecule has 3 aromatic rings. The zero-order valence-electron chi connectivity index (χ0n) is 18.9. The SMILES string of the molecule is Cn1c(CCNC(=O)C2CC23CCN(C2Cc4ccccc4C2)CC3)nc2ccccc21. The summed E-state index contributed by atoms with van der Waals surface area (Å²) in [7, 11) is 2.05. The number of amides is 1. The lowest BCUT2D eigenvalue weighted by Crippen LogP contribution is -2.43. The molecule has 5 nitrogen and oxygen atoms in total. The molecular formula is C27H32N4O. The Kier molecular flexibility index (Phi) is 4.83. The number of fused-ring (bicyclic) bond motifs is 2. The highest BCUT2D eigenvalue weighted by Crippen LogP contribution is 2.59. The number of carbonyl (C=O) groups is 1. The van der Waals surface area contributed by atoms with Crippen molar-refractivity contribution in [2.45, 2.75) is 44.6 Å². The van der Waals surface area contributed by atoms with Crippen molar-refractivity contribution in [3.05, 3.63) is 65.5 Å². The molecule has 1 saturated carbocycles. The quantitative estimate of drug-likeness (QED) is 0.677. The number of nitrogens with one attached hydrogen (secondary N) is 1. The van der Waals surface area contributed by atoms with Crippen LogP contribution in [0.25, 0.3) is 11.0 Å². The second-order valence-electron chi connectivity index (χ2n) is 10.1. The number of piperidine rings is 1. The number of carbonyl (C=O) groups excluding carboxylic acids is 1. The number of aromatic nitrogens is 2. The highest BCUT2D eigenvalue weighted by atomic mass is 16.2. The number of para-hydroxylation sites is 2. The first-order valence-corrected chi connectivity index (χ1v) is 12.1. The molecule has 1 amide bonds. The van der Waals surface area contributed by atoms with E-state index in [9.17, 15) is 4.79 Å². The highest BCUT2D eigenvalue weighted by molar-refractivity contribution is 5.82. The number of hydrogen-bond acceptors (Lipinski definition) is 3. The number of aryl methyl sites for hydroxylation is 1. The summed E-state index contributed by atoms with van der Waals surface area (Å²) in [5.74, 6) is 1.50. The summed E-state index contributed by atoms with van der Waals surface area (Å²) in [5, 5.41) is 3.21. The molecule has 0 radical (unpaired) electrons. The lowest BCUT2D eigenvalue weighted by molar-refractivity contribution is -0.123. The molecule has 3 aliphatic rings. The molecule has 1 saturated heterocycles. The van der Waals surface area contributed by atoms with Crippen LogP contribution in [0, 0.1) is 11.3 Å². The monoisotopic (exact) mass is 428 g/mol. The van der Waals surface area contributed by atoms with Gasteiger partial charge in [-0.1, -0.05) is 36.4 Å². The van der Waals surface area contributed by atoms with E-state index in [1.54, 1.807) is 0 Å². The number of imidazole rings is 1. The second-order valence-corrected chi connectivity index (χ2v) is 10.1. The minimum Gasteiger partial charge on any atom is -0.355 e. The van der Waals surface area contributed by atoms with E-state index in [-0.39, 0.29) is 17.2 Å². The van der Waals surface area contributed by atoms with Crippen LogP contribution in [0.1, 0.15) is 36.2 Å². The van der Waals surface area contributed by atoms with Crippen LogP contribution in [0.5, 0.6) is 0 Å². The van der Waals surface area contributed by atoms with Crippen LogP contribution in [-0.4, -0.2) is 46.0 Å². The fourth-order valence-electron chi connectivity index (χ4n) is 6.24. The van der Waals surface area contributed by atoms with E-state index in [0.717, 1.165) is 42.8 Å². The van der Waals surface area contributed by atoms with E-state index in [2.05, 4.69) is 52.2 Å². The van der Waals surface area contributed by atoms with Gasteiger partial charge in [0.1, 0.15) is 5.82 Å². The summed E-state index contributed by atoms with van der Waals surface area (Å²) < 4.78 is 2.14. The largest absolute Gasteiger partial charge is 0.355 e.